The second-order valence-electron chi connectivity index (χ2n) is 6.48. The molecule has 0 spiro atoms. The van der Waals surface area contributed by atoms with E-state index in [0.29, 0.717) is 24.9 Å². The summed E-state index contributed by atoms with van der Waals surface area (Å²) < 4.78 is 38.2. The molecule has 0 aliphatic heterocycles. The van der Waals surface area contributed by atoms with Gasteiger partial charge in [-0.05, 0) is 47.0 Å². The first-order valence-electron chi connectivity index (χ1n) is 7.77. The van der Waals surface area contributed by atoms with Gasteiger partial charge in [0.2, 0.25) is 0 Å². The molecule has 5 heteroatoms. The predicted octanol–water partition coefficient (Wildman–Crippen LogP) is 3.82. The molecule has 120 valence electrons. The molecule has 0 radical (unpaired) electrons. The van der Waals surface area contributed by atoms with Gasteiger partial charge in [-0.1, -0.05) is 6.42 Å². The quantitative estimate of drug-likeness (QED) is 0.801. The van der Waals surface area contributed by atoms with E-state index in [1.54, 1.807) is 0 Å². The van der Waals surface area contributed by atoms with E-state index < -0.39 is 12.1 Å². The Hall–Kier alpha value is -0.290. The Morgan fingerprint density at radius 3 is 2.20 bits per heavy atom. The first kappa shape index (κ1) is 17.8. The average molecular weight is 294 g/mol. The molecule has 1 fully saturated rings. The van der Waals surface area contributed by atoms with E-state index in [0.717, 1.165) is 19.5 Å². The van der Waals surface area contributed by atoms with Crippen LogP contribution < -0.4 is 5.32 Å². The number of nitrogens with zero attached hydrogens (tertiary/aromatic N) is 1. The number of alkyl halides is 3. The Kier molecular flexibility index (Phi) is 6.79. The van der Waals surface area contributed by atoms with E-state index in [1.807, 2.05) is 0 Å². The summed E-state index contributed by atoms with van der Waals surface area (Å²) in [5.74, 6) is -1.11. The highest BCUT2D eigenvalue weighted by atomic mass is 19.4. The lowest BCUT2D eigenvalue weighted by Crippen LogP contribution is -2.45. The van der Waals surface area contributed by atoms with Crippen LogP contribution in [0.15, 0.2) is 0 Å². The number of hydrogen-bond donors (Lipinski definition) is 1. The molecule has 0 amide bonds. The van der Waals surface area contributed by atoms with Crippen molar-refractivity contribution < 1.29 is 13.2 Å². The van der Waals surface area contributed by atoms with Crippen LogP contribution in [0.25, 0.3) is 0 Å². The minimum atomic E-state index is -4.03. The number of nitrogens with one attached hydrogen (secondary N) is 1. The first-order valence-corrected chi connectivity index (χ1v) is 7.77. The fourth-order valence-electron chi connectivity index (χ4n) is 3.18. The second-order valence-corrected chi connectivity index (χ2v) is 6.48. The van der Waals surface area contributed by atoms with E-state index in [4.69, 9.17) is 0 Å². The van der Waals surface area contributed by atoms with E-state index in [2.05, 4.69) is 37.9 Å². The highest BCUT2D eigenvalue weighted by Crippen LogP contribution is 2.37. The zero-order valence-corrected chi connectivity index (χ0v) is 13.1. The number of rotatable bonds is 6. The third kappa shape index (κ3) is 5.60. The summed E-state index contributed by atoms with van der Waals surface area (Å²) in [4.78, 5) is 2.36. The van der Waals surface area contributed by atoms with Crippen LogP contribution in [0, 0.1) is 5.92 Å². The van der Waals surface area contributed by atoms with Gasteiger partial charge < -0.3 is 5.32 Å². The maximum atomic E-state index is 12.7. The Morgan fingerprint density at radius 2 is 1.70 bits per heavy atom. The Balaban J connectivity index is 2.34. The van der Waals surface area contributed by atoms with E-state index in [1.165, 1.54) is 0 Å². The molecule has 0 bridgehead atoms. The summed E-state index contributed by atoms with van der Waals surface area (Å²) in [6.45, 7) is 10.3. The molecular weight excluding hydrogens is 265 g/mol. The summed E-state index contributed by atoms with van der Waals surface area (Å²) in [6, 6.07) is 0.953. The van der Waals surface area contributed by atoms with Gasteiger partial charge in [-0.25, -0.2) is 0 Å². The van der Waals surface area contributed by atoms with Crippen molar-refractivity contribution in [2.24, 2.45) is 5.92 Å². The van der Waals surface area contributed by atoms with Crippen molar-refractivity contribution in [2.45, 2.75) is 77.7 Å². The van der Waals surface area contributed by atoms with Gasteiger partial charge in [0.05, 0.1) is 5.92 Å². The molecule has 0 saturated heterocycles. The first-order chi connectivity index (χ1) is 9.21. The zero-order valence-electron chi connectivity index (χ0n) is 13.1. The van der Waals surface area contributed by atoms with Crippen LogP contribution in [0.4, 0.5) is 13.2 Å². The Morgan fingerprint density at radius 1 is 1.10 bits per heavy atom. The fourth-order valence-corrected chi connectivity index (χ4v) is 3.18. The van der Waals surface area contributed by atoms with Gasteiger partial charge in [0, 0.05) is 31.2 Å². The molecule has 20 heavy (non-hydrogen) atoms. The third-order valence-electron chi connectivity index (χ3n) is 4.27. The van der Waals surface area contributed by atoms with Crippen LogP contribution in [0.1, 0.15) is 53.4 Å². The average Bonchev–Trinajstić information content (AvgIpc) is 2.33. The maximum absolute atomic E-state index is 12.7. The topological polar surface area (TPSA) is 15.3 Å². The minimum absolute atomic E-state index is 0.0246. The summed E-state index contributed by atoms with van der Waals surface area (Å²) >= 11 is 0. The minimum Gasteiger partial charge on any atom is -0.313 e. The van der Waals surface area contributed by atoms with E-state index >= 15 is 0 Å². The highest BCUT2D eigenvalue weighted by molar-refractivity contribution is 4.82. The molecule has 2 nitrogen and oxygen atoms in total. The molecule has 0 aromatic rings. The van der Waals surface area contributed by atoms with Crippen molar-refractivity contribution in [1.82, 2.24) is 10.2 Å². The van der Waals surface area contributed by atoms with Gasteiger partial charge in [0.1, 0.15) is 0 Å². The zero-order chi connectivity index (χ0) is 15.3. The molecule has 1 rings (SSSR count). The lowest BCUT2D eigenvalue weighted by atomic mass is 9.85. The van der Waals surface area contributed by atoms with Gasteiger partial charge in [0.15, 0.2) is 0 Å². The third-order valence-corrected chi connectivity index (χ3v) is 4.27. The SMILES string of the molecule is CC(C)N(CCNC1CCCC(C(F)(F)F)C1)C(C)C. The molecule has 1 N–H and O–H groups in total. The summed E-state index contributed by atoms with van der Waals surface area (Å²) in [7, 11) is 0. The molecule has 2 unspecified atom stereocenters. The van der Waals surface area contributed by atoms with Gasteiger partial charge >= 0.3 is 6.18 Å². The van der Waals surface area contributed by atoms with Crippen LogP contribution in [-0.2, 0) is 0 Å². The van der Waals surface area contributed by atoms with Crippen LogP contribution in [0.5, 0.6) is 0 Å². The van der Waals surface area contributed by atoms with Crippen LogP contribution in [0.3, 0.4) is 0 Å². The van der Waals surface area contributed by atoms with Crippen molar-refractivity contribution in [3.63, 3.8) is 0 Å². The monoisotopic (exact) mass is 294 g/mol. The van der Waals surface area contributed by atoms with Crippen molar-refractivity contribution in [2.75, 3.05) is 13.1 Å². The summed E-state index contributed by atoms with van der Waals surface area (Å²) in [6.07, 6.45) is -1.93. The molecule has 0 aromatic carbocycles. The molecule has 1 aliphatic rings. The van der Waals surface area contributed by atoms with Gasteiger partial charge in [0.25, 0.3) is 0 Å². The summed E-state index contributed by atoms with van der Waals surface area (Å²) in [5, 5.41) is 3.32. The molecule has 2 atom stereocenters. The fraction of sp³-hybridized carbons (Fsp3) is 1.00. The van der Waals surface area contributed by atoms with Gasteiger partial charge in [-0.2, -0.15) is 13.2 Å². The van der Waals surface area contributed by atoms with Gasteiger partial charge in [-0.15, -0.1) is 0 Å². The lowest BCUT2D eigenvalue weighted by molar-refractivity contribution is -0.183. The predicted molar refractivity (Wildman–Crippen MR) is 76.8 cm³/mol. The second kappa shape index (κ2) is 7.64. The standard InChI is InChI=1S/C15H29F3N2/c1-11(2)20(12(3)4)9-8-19-14-7-5-6-13(10-14)15(16,17)18/h11-14,19H,5-10H2,1-4H3. The van der Waals surface area contributed by atoms with Crippen molar-refractivity contribution >= 4 is 0 Å². The highest BCUT2D eigenvalue weighted by Gasteiger charge is 2.41. The number of hydrogen-bond acceptors (Lipinski definition) is 2. The maximum Gasteiger partial charge on any atom is 0.391 e. The smallest absolute Gasteiger partial charge is 0.313 e. The molecular formula is C15H29F3N2. The van der Waals surface area contributed by atoms with Crippen molar-refractivity contribution in [3.8, 4) is 0 Å². The van der Waals surface area contributed by atoms with E-state index in [9.17, 15) is 13.2 Å². The summed E-state index contributed by atoms with van der Waals surface area (Å²) in [5.41, 5.74) is 0. The Bertz CT molecular complexity index is 269. The Labute approximate surface area is 121 Å². The van der Waals surface area contributed by atoms with Crippen molar-refractivity contribution in [1.29, 1.82) is 0 Å². The van der Waals surface area contributed by atoms with Gasteiger partial charge in [-0.3, -0.25) is 4.90 Å². The van der Waals surface area contributed by atoms with Crippen molar-refractivity contribution in [3.05, 3.63) is 0 Å². The molecule has 0 aromatic heterocycles. The number of halogens is 3. The molecule has 1 saturated carbocycles. The van der Waals surface area contributed by atoms with Crippen LogP contribution in [0.2, 0.25) is 0 Å². The van der Waals surface area contributed by atoms with Crippen LogP contribution >= 0.6 is 0 Å². The van der Waals surface area contributed by atoms with E-state index in [-0.39, 0.29) is 12.5 Å². The molecule has 0 heterocycles. The molecule has 1 aliphatic carbocycles. The normalized spacial score (nSPS) is 24.9. The van der Waals surface area contributed by atoms with Crippen LogP contribution in [-0.4, -0.2) is 42.3 Å². The lowest BCUT2D eigenvalue weighted by Gasteiger charge is -2.34. The largest absolute Gasteiger partial charge is 0.391 e.